The molecule has 1 aromatic carbocycles. The van der Waals surface area contributed by atoms with E-state index in [-0.39, 0.29) is 12.1 Å². The maximum Gasteiger partial charge on any atom is 0.174 e. The molecule has 2 atom stereocenters. The maximum absolute atomic E-state index is 6.07. The number of thiocarbonyl (C=S) groups is 1. The van der Waals surface area contributed by atoms with Gasteiger partial charge in [-0.25, -0.2) is 0 Å². The number of nitrogens with zero attached hydrogens (tertiary/aromatic N) is 2. The number of aromatic nitrogens is 1. The third-order valence-corrected chi connectivity index (χ3v) is 6.03. The van der Waals surface area contributed by atoms with Gasteiger partial charge >= 0.3 is 0 Å². The van der Waals surface area contributed by atoms with Crippen molar-refractivity contribution in [1.29, 1.82) is 0 Å². The van der Waals surface area contributed by atoms with Crippen molar-refractivity contribution in [2.24, 2.45) is 0 Å². The topological polar surface area (TPSA) is 28.2 Å². The van der Waals surface area contributed by atoms with Crippen molar-refractivity contribution in [3.63, 3.8) is 0 Å². The van der Waals surface area contributed by atoms with E-state index in [1.54, 1.807) is 11.3 Å². The highest BCUT2D eigenvalue weighted by Crippen LogP contribution is 2.44. The fourth-order valence-electron chi connectivity index (χ4n) is 3.19. The summed E-state index contributed by atoms with van der Waals surface area (Å²) in [5, 5.41) is 7.01. The first-order valence-corrected chi connectivity index (χ1v) is 9.62. The Morgan fingerprint density at radius 3 is 2.60 bits per heavy atom. The van der Waals surface area contributed by atoms with Crippen LogP contribution in [0.15, 0.2) is 60.1 Å². The lowest BCUT2D eigenvalue weighted by Gasteiger charge is -2.27. The normalized spacial score (nSPS) is 19.9. The molecule has 2 aromatic heterocycles. The summed E-state index contributed by atoms with van der Waals surface area (Å²) in [5.74, 6) is 0. The number of benzene rings is 1. The number of pyridine rings is 1. The van der Waals surface area contributed by atoms with E-state index < -0.39 is 0 Å². The van der Waals surface area contributed by atoms with Gasteiger partial charge in [-0.05, 0) is 72.5 Å². The van der Waals surface area contributed by atoms with E-state index in [4.69, 9.17) is 23.8 Å². The third kappa shape index (κ3) is 3.03. The van der Waals surface area contributed by atoms with Crippen molar-refractivity contribution in [2.45, 2.75) is 19.0 Å². The predicted molar refractivity (Wildman–Crippen MR) is 108 cm³/mol. The molecule has 126 valence electrons. The molecule has 3 heterocycles. The minimum absolute atomic E-state index is 0.00160. The highest BCUT2D eigenvalue weighted by molar-refractivity contribution is 7.80. The quantitative estimate of drug-likeness (QED) is 0.620. The van der Waals surface area contributed by atoms with Crippen LogP contribution in [0.1, 0.15) is 28.2 Å². The van der Waals surface area contributed by atoms with Crippen LogP contribution in [0, 0.1) is 6.92 Å². The highest BCUT2D eigenvalue weighted by atomic mass is 35.5. The zero-order valence-electron chi connectivity index (χ0n) is 13.5. The van der Waals surface area contributed by atoms with Gasteiger partial charge in [0.2, 0.25) is 0 Å². The predicted octanol–water partition coefficient (Wildman–Crippen LogP) is 5.28. The van der Waals surface area contributed by atoms with Crippen molar-refractivity contribution < 1.29 is 0 Å². The molecule has 3 nitrogen and oxygen atoms in total. The molecule has 6 heteroatoms. The Kier molecular flexibility index (Phi) is 4.46. The Bertz CT molecular complexity index is 893. The van der Waals surface area contributed by atoms with Crippen LogP contribution >= 0.6 is 35.2 Å². The van der Waals surface area contributed by atoms with Gasteiger partial charge in [-0.1, -0.05) is 17.7 Å². The zero-order valence-corrected chi connectivity index (χ0v) is 15.9. The minimum Gasteiger partial charge on any atom is -0.351 e. The number of aryl methyl sites for hydroxylation is 1. The van der Waals surface area contributed by atoms with E-state index in [1.165, 1.54) is 10.4 Å². The fraction of sp³-hybridized carbons (Fsp3) is 0.158. The van der Waals surface area contributed by atoms with Gasteiger partial charge in [-0.3, -0.25) is 4.98 Å². The average molecular weight is 386 g/mol. The molecule has 0 saturated carbocycles. The van der Waals surface area contributed by atoms with Gasteiger partial charge in [0.05, 0.1) is 17.8 Å². The van der Waals surface area contributed by atoms with Crippen LogP contribution < -0.4 is 10.2 Å². The second-order valence-electron chi connectivity index (χ2n) is 5.94. The van der Waals surface area contributed by atoms with Crippen LogP contribution in [0.3, 0.4) is 0 Å². The van der Waals surface area contributed by atoms with Gasteiger partial charge in [-0.15, -0.1) is 11.3 Å². The van der Waals surface area contributed by atoms with Crippen molar-refractivity contribution >= 4 is 46.0 Å². The lowest BCUT2D eigenvalue weighted by Crippen LogP contribution is -2.29. The lowest BCUT2D eigenvalue weighted by molar-refractivity contribution is 0.573. The molecule has 0 amide bonds. The number of nitrogens with one attached hydrogen (secondary N) is 1. The lowest BCUT2D eigenvalue weighted by atomic mass is 10.0. The summed E-state index contributed by atoms with van der Waals surface area (Å²) in [6.07, 6.45) is 1.82. The molecule has 4 rings (SSSR count). The second-order valence-corrected chi connectivity index (χ2v) is 7.71. The summed E-state index contributed by atoms with van der Waals surface area (Å²) in [4.78, 5) is 8.02. The fourth-order valence-corrected chi connectivity index (χ4v) is 4.71. The molecule has 0 unspecified atom stereocenters. The Labute approximate surface area is 161 Å². The molecule has 0 radical (unpaired) electrons. The standard InChI is InChI=1S/C19H16ClN3S2/c1-12-9-11-25-18(12)17-16(15-4-2-3-10-21-15)22-19(24)23(17)14-7-5-13(20)6-8-14/h2-11,16-17H,1H3,(H,22,24)/t16-,17+/m1/s1. The summed E-state index contributed by atoms with van der Waals surface area (Å²) in [6, 6.07) is 16.0. The van der Waals surface area contributed by atoms with Crippen molar-refractivity contribution in [2.75, 3.05) is 4.90 Å². The highest BCUT2D eigenvalue weighted by Gasteiger charge is 2.41. The van der Waals surface area contributed by atoms with Crippen LogP contribution in [0.4, 0.5) is 5.69 Å². The summed E-state index contributed by atoms with van der Waals surface area (Å²) < 4.78 is 0. The summed E-state index contributed by atoms with van der Waals surface area (Å²) >= 11 is 13.5. The van der Waals surface area contributed by atoms with E-state index in [1.807, 2.05) is 48.7 Å². The van der Waals surface area contributed by atoms with E-state index in [0.29, 0.717) is 10.1 Å². The molecule has 1 aliphatic heterocycles. The summed E-state index contributed by atoms with van der Waals surface area (Å²) in [5.41, 5.74) is 3.28. The molecule has 1 fully saturated rings. The van der Waals surface area contributed by atoms with Crippen LogP contribution in [0.25, 0.3) is 0 Å². The first-order valence-electron chi connectivity index (χ1n) is 7.95. The van der Waals surface area contributed by atoms with Crippen LogP contribution in [-0.2, 0) is 0 Å². The van der Waals surface area contributed by atoms with Gasteiger partial charge in [0, 0.05) is 21.8 Å². The Morgan fingerprint density at radius 2 is 1.96 bits per heavy atom. The van der Waals surface area contributed by atoms with Crippen LogP contribution in [-0.4, -0.2) is 10.1 Å². The number of thiophene rings is 1. The maximum atomic E-state index is 6.07. The number of rotatable bonds is 3. The van der Waals surface area contributed by atoms with Gasteiger partial charge < -0.3 is 10.2 Å². The van der Waals surface area contributed by atoms with Gasteiger partial charge in [0.1, 0.15) is 0 Å². The van der Waals surface area contributed by atoms with Crippen molar-refractivity contribution in [1.82, 2.24) is 10.3 Å². The van der Waals surface area contributed by atoms with E-state index >= 15 is 0 Å². The van der Waals surface area contributed by atoms with Crippen molar-refractivity contribution in [3.8, 4) is 0 Å². The van der Waals surface area contributed by atoms with Gasteiger partial charge in [-0.2, -0.15) is 0 Å². The Morgan fingerprint density at radius 1 is 1.16 bits per heavy atom. The molecule has 1 aliphatic rings. The molecule has 25 heavy (non-hydrogen) atoms. The molecule has 1 N–H and O–H groups in total. The number of halogens is 1. The Hall–Kier alpha value is -1.95. The van der Waals surface area contributed by atoms with Gasteiger partial charge in [0.15, 0.2) is 5.11 Å². The second kappa shape index (κ2) is 6.75. The van der Waals surface area contributed by atoms with Crippen LogP contribution in [0.2, 0.25) is 5.02 Å². The summed E-state index contributed by atoms with van der Waals surface area (Å²) in [7, 11) is 0. The van der Waals surface area contributed by atoms with E-state index in [0.717, 1.165) is 11.4 Å². The minimum atomic E-state index is 0.00160. The molecule has 0 spiro atoms. The SMILES string of the molecule is Cc1ccsc1[C@@H]1[C@@H](c2ccccn2)NC(=S)N1c1ccc(Cl)cc1. The summed E-state index contributed by atoms with van der Waals surface area (Å²) in [6.45, 7) is 2.14. The van der Waals surface area contributed by atoms with Gasteiger partial charge in [0.25, 0.3) is 0 Å². The molecule has 3 aromatic rings. The van der Waals surface area contributed by atoms with E-state index in [2.05, 4.69) is 33.6 Å². The smallest absolute Gasteiger partial charge is 0.174 e. The van der Waals surface area contributed by atoms with E-state index in [9.17, 15) is 0 Å². The first-order chi connectivity index (χ1) is 12.1. The molecular weight excluding hydrogens is 370 g/mol. The molecule has 0 bridgehead atoms. The number of anilines is 1. The zero-order chi connectivity index (χ0) is 17.4. The third-order valence-electron chi connectivity index (χ3n) is 4.37. The largest absolute Gasteiger partial charge is 0.351 e. The van der Waals surface area contributed by atoms with Crippen molar-refractivity contribution in [3.05, 3.63) is 81.3 Å². The number of hydrogen-bond donors (Lipinski definition) is 1. The molecule has 0 aliphatic carbocycles. The van der Waals surface area contributed by atoms with Crippen LogP contribution in [0.5, 0.6) is 0 Å². The molecular formula is C19H16ClN3S2. The molecule has 1 saturated heterocycles. The monoisotopic (exact) mass is 385 g/mol. The number of hydrogen-bond acceptors (Lipinski definition) is 3. The first kappa shape index (κ1) is 16.5. The average Bonchev–Trinajstić information content (AvgIpc) is 3.19. The Balaban J connectivity index is 1.83.